The van der Waals surface area contributed by atoms with Crippen molar-refractivity contribution in [2.45, 2.75) is 0 Å². The molecular formula is C7H13NO. The van der Waals surface area contributed by atoms with Crippen LogP contribution in [0.3, 0.4) is 0 Å². The lowest BCUT2D eigenvalue weighted by Gasteiger charge is -2.09. The van der Waals surface area contributed by atoms with Gasteiger partial charge in [0.25, 0.3) is 0 Å². The average molecular weight is 127 g/mol. The van der Waals surface area contributed by atoms with Gasteiger partial charge in [-0.1, -0.05) is 6.08 Å². The first kappa shape index (κ1) is 6.78. The number of rotatable bonds is 2. The lowest BCUT2D eigenvalue weighted by molar-refractivity contribution is 0.220. The second-order valence-corrected chi connectivity index (χ2v) is 2.50. The maximum Gasteiger partial charge on any atom is 0.0477 e. The van der Waals surface area contributed by atoms with E-state index < -0.39 is 0 Å². The Labute approximate surface area is 55.6 Å². The van der Waals surface area contributed by atoms with Crippen LogP contribution in [-0.2, 0) is 0 Å². The molecule has 0 saturated carbocycles. The van der Waals surface area contributed by atoms with Crippen LogP contribution >= 0.6 is 0 Å². The molecule has 0 aromatic heterocycles. The van der Waals surface area contributed by atoms with Gasteiger partial charge < -0.3 is 10.4 Å². The molecule has 0 aromatic rings. The predicted molar refractivity (Wildman–Crippen MR) is 37.1 cm³/mol. The minimum Gasteiger partial charge on any atom is -0.396 e. The molecule has 1 saturated heterocycles. The van der Waals surface area contributed by atoms with Crippen molar-refractivity contribution >= 4 is 0 Å². The highest BCUT2D eigenvalue weighted by Gasteiger charge is 2.22. The number of aliphatic hydroxyl groups is 1. The van der Waals surface area contributed by atoms with E-state index in [1.165, 1.54) is 0 Å². The van der Waals surface area contributed by atoms with Crippen molar-refractivity contribution in [2.24, 2.45) is 11.8 Å². The van der Waals surface area contributed by atoms with Crippen LogP contribution < -0.4 is 5.32 Å². The molecule has 0 aliphatic carbocycles. The number of aliphatic hydroxyl groups excluding tert-OH is 1. The van der Waals surface area contributed by atoms with Crippen LogP contribution in [-0.4, -0.2) is 24.8 Å². The molecule has 0 bridgehead atoms. The first-order chi connectivity index (χ1) is 4.38. The van der Waals surface area contributed by atoms with Crippen molar-refractivity contribution in [2.75, 3.05) is 19.7 Å². The van der Waals surface area contributed by atoms with Crippen LogP contribution in [0.5, 0.6) is 0 Å². The quantitative estimate of drug-likeness (QED) is 0.512. The second kappa shape index (κ2) is 2.99. The summed E-state index contributed by atoms with van der Waals surface area (Å²) in [5.41, 5.74) is 0. The molecule has 9 heavy (non-hydrogen) atoms. The first-order valence-corrected chi connectivity index (χ1v) is 3.32. The lowest BCUT2D eigenvalue weighted by atomic mass is 9.97. The molecule has 0 spiro atoms. The monoisotopic (exact) mass is 127 g/mol. The van der Waals surface area contributed by atoms with Gasteiger partial charge in [0.05, 0.1) is 0 Å². The average Bonchev–Trinajstić information content (AvgIpc) is 2.33. The molecule has 2 nitrogen and oxygen atoms in total. The van der Waals surface area contributed by atoms with Gasteiger partial charge in [0.2, 0.25) is 0 Å². The van der Waals surface area contributed by atoms with Gasteiger partial charge in [-0.15, -0.1) is 6.58 Å². The summed E-state index contributed by atoms with van der Waals surface area (Å²) in [6, 6.07) is 0. The minimum atomic E-state index is 0.281. The molecule has 2 N–H and O–H groups in total. The van der Waals surface area contributed by atoms with Crippen molar-refractivity contribution in [1.29, 1.82) is 0 Å². The largest absolute Gasteiger partial charge is 0.396 e. The molecule has 2 atom stereocenters. The fourth-order valence-electron chi connectivity index (χ4n) is 1.23. The first-order valence-electron chi connectivity index (χ1n) is 3.32. The normalized spacial score (nSPS) is 34.8. The molecule has 1 heterocycles. The third kappa shape index (κ3) is 1.32. The van der Waals surface area contributed by atoms with Crippen LogP contribution in [0.1, 0.15) is 0 Å². The van der Waals surface area contributed by atoms with Crippen LogP contribution in [0.2, 0.25) is 0 Å². The van der Waals surface area contributed by atoms with E-state index >= 15 is 0 Å². The highest BCUT2D eigenvalue weighted by molar-refractivity contribution is 4.91. The van der Waals surface area contributed by atoms with E-state index in [0.717, 1.165) is 13.1 Å². The molecule has 2 heteroatoms. The molecule has 0 radical (unpaired) electrons. The second-order valence-electron chi connectivity index (χ2n) is 2.50. The molecule has 52 valence electrons. The SMILES string of the molecule is C=CC1CNCC1CO. The van der Waals surface area contributed by atoms with Crippen LogP contribution in [0.4, 0.5) is 0 Å². The number of hydrogen-bond acceptors (Lipinski definition) is 2. The molecule has 1 aliphatic rings. The zero-order chi connectivity index (χ0) is 6.69. The standard InChI is InChI=1S/C7H13NO/c1-2-6-3-8-4-7(6)5-9/h2,6-9H,1,3-5H2. The van der Waals surface area contributed by atoms with Gasteiger partial charge in [-0.25, -0.2) is 0 Å². The van der Waals surface area contributed by atoms with Crippen molar-refractivity contribution in [1.82, 2.24) is 5.32 Å². The molecule has 1 aliphatic heterocycles. The van der Waals surface area contributed by atoms with E-state index in [-0.39, 0.29) is 6.61 Å². The van der Waals surface area contributed by atoms with E-state index in [4.69, 9.17) is 5.11 Å². The van der Waals surface area contributed by atoms with Gasteiger partial charge in [-0.2, -0.15) is 0 Å². The van der Waals surface area contributed by atoms with Gasteiger partial charge in [0.15, 0.2) is 0 Å². The van der Waals surface area contributed by atoms with E-state index in [1.807, 2.05) is 6.08 Å². The Bertz CT molecular complexity index is 103. The fraction of sp³-hybridized carbons (Fsp3) is 0.714. The number of hydrogen-bond donors (Lipinski definition) is 2. The number of nitrogens with one attached hydrogen (secondary N) is 1. The Morgan fingerprint density at radius 1 is 1.67 bits per heavy atom. The summed E-state index contributed by atoms with van der Waals surface area (Å²) in [6.45, 7) is 5.89. The summed E-state index contributed by atoms with van der Waals surface area (Å²) in [4.78, 5) is 0. The topological polar surface area (TPSA) is 32.3 Å². The van der Waals surface area contributed by atoms with Crippen molar-refractivity contribution in [3.63, 3.8) is 0 Å². The Hall–Kier alpha value is -0.340. The Morgan fingerprint density at radius 3 is 2.89 bits per heavy atom. The molecule has 0 amide bonds. The summed E-state index contributed by atoms with van der Waals surface area (Å²) in [6.07, 6.45) is 1.92. The summed E-state index contributed by atoms with van der Waals surface area (Å²) in [5, 5.41) is 12.0. The van der Waals surface area contributed by atoms with Gasteiger partial charge in [0, 0.05) is 25.6 Å². The lowest BCUT2D eigenvalue weighted by Crippen LogP contribution is -2.14. The third-order valence-corrected chi connectivity index (χ3v) is 1.93. The summed E-state index contributed by atoms with van der Waals surface area (Å²) < 4.78 is 0. The Balaban J connectivity index is 2.41. The minimum absolute atomic E-state index is 0.281. The molecular weight excluding hydrogens is 114 g/mol. The van der Waals surface area contributed by atoms with Gasteiger partial charge in [0.1, 0.15) is 0 Å². The highest BCUT2D eigenvalue weighted by atomic mass is 16.3. The summed E-state index contributed by atoms with van der Waals surface area (Å²) >= 11 is 0. The van der Waals surface area contributed by atoms with Gasteiger partial charge >= 0.3 is 0 Å². The third-order valence-electron chi connectivity index (χ3n) is 1.93. The smallest absolute Gasteiger partial charge is 0.0477 e. The van der Waals surface area contributed by atoms with E-state index in [9.17, 15) is 0 Å². The van der Waals surface area contributed by atoms with E-state index in [0.29, 0.717) is 11.8 Å². The fourth-order valence-corrected chi connectivity index (χ4v) is 1.23. The van der Waals surface area contributed by atoms with Crippen molar-refractivity contribution < 1.29 is 5.11 Å². The predicted octanol–water partition coefficient (Wildman–Crippen LogP) is 0.000300. The van der Waals surface area contributed by atoms with Crippen molar-refractivity contribution in [3.05, 3.63) is 12.7 Å². The summed E-state index contributed by atoms with van der Waals surface area (Å²) in [5.74, 6) is 0.887. The highest BCUT2D eigenvalue weighted by Crippen LogP contribution is 2.15. The van der Waals surface area contributed by atoms with E-state index in [1.54, 1.807) is 0 Å². The zero-order valence-electron chi connectivity index (χ0n) is 5.51. The molecule has 2 unspecified atom stereocenters. The van der Waals surface area contributed by atoms with Crippen LogP contribution in [0, 0.1) is 11.8 Å². The Kier molecular flexibility index (Phi) is 2.25. The summed E-state index contributed by atoms with van der Waals surface area (Å²) in [7, 11) is 0. The molecule has 0 aromatic carbocycles. The Morgan fingerprint density at radius 2 is 2.44 bits per heavy atom. The zero-order valence-corrected chi connectivity index (χ0v) is 5.51. The van der Waals surface area contributed by atoms with Crippen molar-refractivity contribution in [3.8, 4) is 0 Å². The van der Waals surface area contributed by atoms with Gasteiger partial charge in [-0.05, 0) is 5.92 Å². The molecule has 1 rings (SSSR count). The van der Waals surface area contributed by atoms with Crippen LogP contribution in [0.15, 0.2) is 12.7 Å². The van der Waals surface area contributed by atoms with Crippen LogP contribution in [0.25, 0.3) is 0 Å². The molecule has 1 fully saturated rings. The maximum atomic E-state index is 8.78. The van der Waals surface area contributed by atoms with Gasteiger partial charge in [-0.3, -0.25) is 0 Å². The van der Waals surface area contributed by atoms with E-state index in [2.05, 4.69) is 11.9 Å². The maximum absolute atomic E-state index is 8.78.